The number of hydrogen-bond donors (Lipinski definition) is 1. The average Bonchev–Trinajstić information content (AvgIpc) is 3.24. The molecular formula is C16H30N2. The van der Waals surface area contributed by atoms with Crippen LogP contribution in [-0.2, 0) is 0 Å². The van der Waals surface area contributed by atoms with Gasteiger partial charge >= 0.3 is 0 Å². The van der Waals surface area contributed by atoms with E-state index in [0.29, 0.717) is 0 Å². The molecule has 0 spiro atoms. The fourth-order valence-electron chi connectivity index (χ4n) is 4.50. The molecule has 0 aromatic heterocycles. The maximum Gasteiger partial charge on any atom is 0.0110 e. The van der Waals surface area contributed by atoms with E-state index in [0.717, 1.165) is 30.5 Å². The molecule has 0 amide bonds. The quantitative estimate of drug-likeness (QED) is 0.830. The van der Waals surface area contributed by atoms with Crippen molar-refractivity contribution >= 4 is 0 Å². The third-order valence-corrected chi connectivity index (χ3v) is 5.62. The SMILES string of the molecule is NCCC1CCCCN1C1CCCC(C2CC2)C1. The van der Waals surface area contributed by atoms with Gasteiger partial charge in [0.15, 0.2) is 0 Å². The molecule has 0 aromatic carbocycles. The van der Waals surface area contributed by atoms with Gasteiger partial charge in [-0.1, -0.05) is 19.3 Å². The molecule has 2 nitrogen and oxygen atoms in total. The Hall–Kier alpha value is -0.0800. The van der Waals surface area contributed by atoms with E-state index in [1.807, 2.05) is 0 Å². The van der Waals surface area contributed by atoms with E-state index in [1.165, 1.54) is 70.8 Å². The average molecular weight is 250 g/mol. The number of hydrogen-bond acceptors (Lipinski definition) is 2. The van der Waals surface area contributed by atoms with Crippen LogP contribution in [0.4, 0.5) is 0 Å². The van der Waals surface area contributed by atoms with Crippen molar-refractivity contribution in [3.05, 3.63) is 0 Å². The molecule has 3 fully saturated rings. The second-order valence-corrected chi connectivity index (χ2v) is 6.88. The summed E-state index contributed by atoms with van der Waals surface area (Å²) in [6, 6.07) is 1.72. The van der Waals surface area contributed by atoms with Crippen molar-refractivity contribution in [3.8, 4) is 0 Å². The first-order chi connectivity index (χ1) is 8.88. The lowest BCUT2D eigenvalue weighted by atomic mass is 9.80. The maximum absolute atomic E-state index is 5.81. The van der Waals surface area contributed by atoms with Crippen molar-refractivity contribution in [2.24, 2.45) is 17.6 Å². The van der Waals surface area contributed by atoms with Crippen LogP contribution in [0.1, 0.15) is 64.2 Å². The van der Waals surface area contributed by atoms with Crippen LogP contribution in [0.15, 0.2) is 0 Å². The van der Waals surface area contributed by atoms with Crippen molar-refractivity contribution in [1.29, 1.82) is 0 Å². The molecule has 0 radical (unpaired) electrons. The smallest absolute Gasteiger partial charge is 0.0110 e. The Balaban J connectivity index is 1.59. The maximum atomic E-state index is 5.81. The summed E-state index contributed by atoms with van der Waals surface area (Å²) in [5, 5.41) is 0. The van der Waals surface area contributed by atoms with Crippen LogP contribution in [0.5, 0.6) is 0 Å². The van der Waals surface area contributed by atoms with E-state index in [-0.39, 0.29) is 0 Å². The lowest BCUT2D eigenvalue weighted by Gasteiger charge is -2.44. The Labute approximate surface area is 112 Å². The van der Waals surface area contributed by atoms with E-state index in [1.54, 1.807) is 0 Å². The molecule has 3 aliphatic rings. The third kappa shape index (κ3) is 2.91. The number of nitrogens with two attached hydrogens (primary N) is 1. The Bertz CT molecular complexity index is 260. The van der Waals surface area contributed by atoms with Gasteiger partial charge < -0.3 is 5.73 Å². The summed E-state index contributed by atoms with van der Waals surface area (Å²) in [5.41, 5.74) is 5.81. The van der Waals surface area contributed by atoms with E-state index in [4.69, 9.17) is 5.73 Å². The van der Waals surface area contributed by atoms with Crippen molar-refractivity contribution in [2.75, 3.05) is 13.1 Å². The van der Waals surface area contributed by atoms with Crippen LogP contribution in [0, 0.1) is 11.8 Å². The predicted molar refractivity (Wildman–Crippen MR) is 76.5 cm³/mol. The highest BCUT2D eigenvalue weighted by Gasteiger charge is 2.38. The van der Waals surface area contributed by atoms with Crippen LogP contribution in [0.2, 0.25) is 0 Å². The van der Waals surface area contributed by atoms with Crippen LogP contribution >= 0.6 is 0 Å². The summed E-state index contributed by atoms with van der Waals surface area (Å²) < 4.78 is 0. The van der Waals surface area contributed by atoms with Gasteiger partial charge in [-0.2, -0.15) is 0 Å². The largest absolute Gasteiger partial charge is 0.330 e. The van der Waals surface area contributed by atoms with Gasteiger partial charge in [0.05, 0.1) is 0 Å². The molecule has 1 saturated heterocycles. The lowest BCUT2D eigenvalue weighted by Crippen LogP contribution is -2.48. The molecule has 2 N–H and O–H groups in total. The molecule has 3 unspecified atom stereocenters. The Morgan fingerprint density at radius 2 is 1.78 bits per heavy atom. The van der Waals surface area contributed by atoms with Crippen molar-refractivity contribution in [3.63, 3.8) is 0 Å². The van der Waals surface area contributed by atoms with E-state index < -0.39 is 0 Å². The molecule has 18 heavy (non-hydrogen) atoms. The molecule has 2 heteroatoms. The zero-order valence-corrected chi connectivity index (χ0v) is 11.8. The molecule has 1 aliphatic heterocycles. The van der Waals surface area contributed by atoms with E-state index in [9.17, 15) is 0 Å². The first kappa shape index (κ1) is 12.9. The zero-order valence-electron chi connectivity index (χ0n) is 11.8. The molecule has 2 aliphatic carbocycles. The number of piperidine rings is 1. The Morgan fingerprint density at radius 1 is 0.889 bits per heavy atom. The first-order valence-electron chi connectivity index (χ1n) is 8.34. The summed E-state index contributed by atoms with van der Waals surface area (Å²) in [4.78, 5) is 2.87. The molecule has 3 atom stereocenters. The third-order valence-electron chi connectivity index (χ3n) is 5.62. The topological polar surface area (TPSA) is 29.3 Å². The van der Waals surface area contributed by atoms with Gasteiger partial charge in [-0.25, -0.2) is 0 Å². The molecule has 104 valence electrons. The highest BCUT2D eigenvalue weighted by molar-refractivity contribution is 4.91. The number of rotatable bonds is 4. The van der Waals surface area contributed by atoms with Gasteiger partial charge in [0, 0.05) is 12.1 Å². The first-order valence-corrected chi connectivity index (χ1v) is 8.34. The summed E-state index contributed by atoms with van der Waals surface area (Å²) >= 11 is 0. The fourth-order valence-corrected chi connectivity index (χ4v) is 4.50. The summed E-state index contributed by atoms with van der Waals surface area (Å²) in [5.74, 6) is 2.19. The standard InChI is InChI=1S/C16H30N2/c17-10-9-15-5-1-2-11-18(15)16-6-3-4-14(12-16)13-7-8-13/h13-16H,1-12,17H2. The van der Waals surface area contributed by atoms with Crippen molar-refractivity contribution < 1.29 is 0 Å². The van der Waals surface area contributed by atoms with Crippen LogP contribution < -0.4 is 5.73 Å². The van der Waals surface area contributed by atoms with Crippen molar-refractivity contribution in [1.82, 2.24) is 4.90 Å². The minimum absolute atomic E-state index is 0.812. The number of likely N-dealkylation sites (tertiary alicyclic amines) is 1. The molecular weight excluding hydrogens is 220 g/mol. The number of nitrogens with zero attached hydrogens (tertiary/aromatic N) is 1. The molecule has 1 heterocycles. The van der Waals surface area contributed by atoms with Gasteiger partial charge in [-0.05, 0) is 69.9 Å². The second kappa shape index (κ2) is 5.92. The molecule has 0 bridgehead atoms. The monoisotopic (exact) mass is 250 g/mol. The van der Waals surface area contributed by atoms with Gasteiger partial charge in [-0.15, -0.1) is 0 Å². The highest BCUT2D eigenvalue weighted by Crippen LogP contribution is 2.45. The van der Waals surface area contributed by atoms with Gasteiger partial charge in [-0.3, -0.25) is 4.90 Å². The predicted octanol–water partition coefficient (Wildman–Crippen LogP) is 3.16. The minimum atomic E-state index is 0.812. The summed E-state index contributed by atoms with van der Waals surface area (Å²) in [6.45, 7) is 2.23. The Morgan fingerprint density at radius 3 is 2.56 bits per heavy atom. The lowest BCUT2D eigenvalue weighted by molar-refractivity contribution is 0.0519. The van der Waals surface area contributed by atoms with Crippen LogP contribution in [-0.4, -0.2) is 30.1 Å². The normalized spacial score (nSPS) is 38.8. The zero-order chi connectivity index (χ0) is 12.4. The minimum Gasteiger partial charge on any atom is -0.330 e. The molecule has 2 saturated carbocycles. The summed E-state index contributed by atoms with van der Waals surface area (Å²) in [6.07, 6.45) is 14.5. The summed E-state index contributed by atoms with van der Waals surface area (Å²) in [7, 11) is 0. The van der Waals surface area contributed by atoms with Crippen LogP contribution in [0.3, 0.4) is 0 Å². The van der Waals surface area contributed by atoms with Crippen LogP contribution in [0.25, 0.3) is 0 Å². The van der Waals surface area contributed by atoms with Gasteiger partial charge in [0.25, 0.3) is 0 Å². The molecule has 0 aromatic rings. The van der Waals surface area contributed by atoms with Gasteiger partial charge in [0.1, 0.15) is 0 Å². The van der Waals surface area contributed by atoms with E-state index >= 15 is 0 Å². The van der Waals surface area contributed by atoms with Crippen molar-refractivity contribution in [2.45, 2.75) is 76.3 Å². The Kier molecular flexibility index (Phi) is 4.25. The second-order valence-electron chi connectivity index (χ2n) is 6.88. The van der Waals surface area contributed by atoms with E-state index in [2.05, 4.69) is 4.90 Å². The highest BCUT2D eigenvalue weighted by atomic mass is 15.2. The van der Waals surface area contributed by atoms with Gasteiger partial charge in [0.2, 0.25) is 0 Å². The molecule has 3 rings (SSSR count). The fraction of sp³-hybridized carbons (Fsp3) is 1.00.